The van der Waals surface area contributed by atoms with Gasteiger partial charge in [0.15, 0.2) is 11.2 Å². The molecule has 2 saturated heterocycles. The van der Waals surface area contributed by atoms with Crippen LogP contribution in [-0.4, -0.2) is 94.7 Å². The van der Waals surface area contributed by atoms with E-state index in [0.717, 1.165) is 0 Å². The lowest BCUT2D eigenvalue weighted by Gasteiger charge is -2.33. The fraction of sp³-hybridized carbons (Fsp3) is 0.654. The molecule has 248 valence electrons. The first-order valence-electron chi connectivity index (χ1n) is 14.8. The number of fused-ring (bicyclic) bond motifs is 1. The number of H-pyrrole nitrogens is 2. The molecule has 2 aliphatic heterocycles. The van der Waals surface area contributed by atoms with Crippen LogP contribution in [0.2, 0.25) is 0 Å². The number of ether oxygens (including phenoxy) is 2. The summed E-state index contributed by atoms with van der Waals surface area (Å²) < 4.78 is 43.0. The van der Waals surface area contributed by atoms with E-state index in [0.29, 0.717) is 31.5 Å². The van der Waals surface area contributed by atoms with Crippen molar-refractivity contribution < 1.29 is 33.3 Å². The van der Waals surface area contributed by atoms with Gasteiger partial charge >= 0.3 is 13.4 Å². The minimum absolute atomic E-state index is 0.0309. The van der Waals surface area contributed by atoms with E-state index in [2.05, 4.69) is 19.9 Å². The Hall–Kier alpha value is -3.22. The van der Waals surface area contributed by atoms with Crippen molar-refractivity contribution in [3.63, 3.8) is 0 Å². The van der Waals surface area contributed by atoms with E-state index >= 15 is 0 Å². The fourth-order valence-corrected chi connectivity index (χ4v) is 7.67. The van der Waals surface area contributed by atoms with E-state index in [1.165, 1.54) is 21.7 Å². The highest BCUT2D eigenvalue weighted by Gasteiger charge is 2.46. The molecule has 18 nitrogen and oxygen atoms in total. The maximum atomic E-state index is 14.6. The van der Waals surface area contributed by atoms with E-state index in [1.807, 2.05) is 13.8 Å². The Balaban J connectivity index is 1.36. The van der Waals surface area contributed by atoms with Crippen molar-refractivity contribution in [3.8, 4) is 0 Å². The van der Waals surface area contributed by atoms with Crippen LogP contribution in [-0.2, 0) is 23.1 Å². The SMILES string of the molecule is CCCN(CCC)P(=O)(OCC1OC(n2cc(C)c(=O)[nH]c2=O)CC1O)OC1CC(n2cnc3c(=O)[nH]c(N)nc32)OC1CO. The zero-order valence-electron chi connectivity index (χ0n) is 25.2. The van der Waals surface area contributed by atoms with Crippen LogP contribution >= 0.6 is 7.75 Å². The Labute approximate surface area is 256 Å². The van der Waals surface area contributed by atoms with E-state index in [-0.39, 0.29) is 36.6 Å². The zero-order valence-corrected chi connectivity index (χ0v) is 26.1. The summed E-state index contributed by atoms with van der Waals surface area (Å²) in [7, 11) is -4.10. The average Bonchev–Trinajstić information content (AvgIpc) is 3.70. The van der Waals surface area contributed by atoms with E-state index in [9.17, 15) is 29.2 Å². The number of imidazole rings is 1. The third kappa shape index (κ3) is 6.83. The van der Waals surface area contributed by atoms with Crippen molar-refractivity contribution in [1.82, 2.24) is 33.7 Å². The molecule has 3 aromatic rings. The highest BCUT2D eigenvalue weighted by atomic mass is 31.2. The number of nitrogen functional groups attached to an aromatic ring is 1. The number of nitrogens with two attached hydrogens (primary N) is 1. The molecule has 0 saturated carbocycles. The van der Waals surface area contributed by atoms with E-state index in [4.69, 9.17) is 24.3 Å². The topological polar surface area (TPSA) is 242 Å². The van der Waals surface area contributed by atoms with Gasteiger partial charge in [-0.05, 0) is 19.8 Å². The predicted molar refractivity (Wildman–Crippen MR) is 159 cm³/mol. The lowest BCUT2D eigenvalue weighted by Crippen LogP contribution is -2.34. The van der Waals surface area contributed by atoms with Crippen molar-refractivity contribution in [2.75, 3.05) is 32.0 Å². The highest BCUT2D eigenvalue weighted by molar-refractivity contribution is 7.51. The van der Waals surface area contributed by atoms with Crippen LogP contribution in [0.15, 0.2) is 26.9 Å². The summed E-state index contributed by atoms with van der Waals surface area (Å²) in [6.45, 7) is 5.31. The van der Waals surface area contributed by atoms with Crippen molar-refractivity contribution in [3.05, 3.63) is 49.3 Å². The fourth-order valence-electron chi connectivity index (χ4n) is 5.53. The standard InChI is InChI=1S/C26H39N8O10P/c1-4-6-32(7-5-2)45(40,41-12-18-15(36)8-19(43-18)33-10-14(3)23(37)31-26(33)39)44-16-9-20(42-17(16)11-35)34-13-28-21-22(34)29-25(27)30-24(21)38/h10,13,15-20,35-36H,4-9,11-12H2,1-3H3,(H,31,37,39)(H3,27,29,30,38). The van der Waals surface area contributed by atoms with Crippen LogP contribution in [0.1, 0.15) is 57.6 Å². The van der Waals surface area contributed by atoms with E-state index in [1.54, 1.807) is 11.6 Å². The molecule has 3 aromatic heterocycles. The number of aromatic nitrogens is 6. The van der Waals surface area contributed by atoms with Gasteiger partial charge in [0.05, 0.1) is 25.6 Å². The molecule has 0 radical (unpaired) electrons. The molecule has 0 aromatic carbocycles. The third-order valence-electron chi connectivity index (χ3n) is 7.76. The number of aliphatic hydroxyl groups excluding tert-OH is 2. The van der Waals surface area contributed by atoms with Crippen LogP contribution in [0.5, 0.6) is 0 Å². The summed E-state index contributed by atoms with van der Waals surface area (Å²) in [5.41, 5.74) is 4.53. The molecule has 0 bridgehead atoms. The number of rotatable bonds is 13. The van der Waals surface area contributed by atoms with Gasteiger partial charge < -0.3 is 25.4 Å². The van der Waals surface area contributed by atoms with E-state index < -0.39 is 68.0 Å². The average molecular weight is 655 g/mol. The van der Waals surface area contributed by atoms with Crippen LogP contribution in [0, 0.1) is 6.92 Å². The second-order valence-electron chi connectivity index (χ2n) is 11.1. The molecule has 0 spiro atoms. The number of nitrogens with zero attached hydrogens (tertiary/aromatic N) is 5. The molecule has 19 heteroatoms. The molecule has 6 N–H and O–H groups in total. The van der Waals surface area contributed by atoms with Crippen LogP contribution in [0.3, 0.4) is 0 Å². The number of aliphatic hydroxyl groups is 2. The zero-order chi connectivity index (χ0) is 32.5. The molecule has 0 aliphatic carbocycles. The van der Waals surface area contributed by atoms with Gasteiger partial charge in [-0.1, -0.05) is 13.8 Å². The maximum absolute atomic E-state index is 14.6. The number of hydrogen-bond donors (Lipinski definition) is 5. The van der Waals surface area contributed by atoms with Crippen molar-refractivity contribution in [1.29, 1.82) is 0 Å². The van der Waals surface area contributed by atoms with Gasteiger partial charge in [0.1, 0.15) is 30.8 Å². The summed E-state index contributed by atoms with van der Waals surface area (Å²) in [6.07, 6.45) is -1.43. The summed E-state index contributed by atoms with van der Waals surface area (Å²) in [5, 5.41) is 20.9. The number of hydrogen-bond acceptors (Lipinski definition) is 13. The van der Waals surface area contributed by atoms with Crippen LogP contribution < -0.4 is 22.5 Å². The van der Waals surface area contributed by atoms with Crippen LogP contribution in [0.25, 0.3) is 11.2 Å². The Bertz CT molecular complexity index is 1720. The van der Waals surface area contributed by atoms with Crippen LogP contribution in [0.4, 0.5) is 5.95 Å². The van der Waals surface area contributed by atoms with Crippen molar-refractivity contribution in [2.24, 2.45) is 0 Å². The summed E-state index contributed by atoms with van der Waals surface area (Å²) in [4.78, 5) is 49.3. The lowest BCUT2D eigenvalue weighted by molar-refractivity contribution is -0.0551. The molecule has 0 amide bonds. The van der Waals surface area contributed by atoms with Gasteiger partial charge in [-0.2, -0.15) is 4.98 Å². The van der Waals surface area contributed by atoms with Gasteiger partial charge in [0.2, 0.25) is 5.95 Å². The maximum Gasteiger partial charge on any atom is 0.408 e. The predicted octanol–water partition coefficient (Wildman–Crippen LogP) is 0.121. The molecule has 2 fully saturated rings. The van der Waals surface area contributed by atoms with Crippen molar-refractivity contribution in [2.45, 2.75) is 83.3 Å². The molecular weight excluding hydrogens is 615 g/mol. The van der Waals surface area contributed by atoms with Gasteiger partial charge in [0.25, 0.3) is 11.1 Å². The first-order chi connectivity index (χ1) is 21.5. The summed E-state index contributed by atoms with van der Waals surface area (Å²) in [6, 6.07) is 0. The second-order valence-corrected chi connectivity index (χ2v) is 13.1. The Morgan fingerprint density at radius 2 is 1.78 bits per heavy atom. The Kier molecular flexibility index (Phi) is 10.0. The molecule has 45 heavy (non-hydrogen) atoms. The number of nitrogens with one attached hydrogen (secondary N) is 2. The van der Waals surface area contributed by atoms with Gasteiger partial charge in [-0.3, -0.25) is 37.7 Å². The second kappa shape index (κ2) is 13.6. The van der Waals surface area contributed by atoms with Gasteiger partial charge in [0, 0.05) is 37.7 Å². The minimum Gasteiger partial charge on any atom is -0.394 e. The quantitative estimate of drug-likeness (QED) is 0.154. The molecule has 5 heterocycles. The number of anilines is 1. The van der Waals surface area contributed by atoms with Gasteiger partial charge in [-0.25, -0.2) is 19.0 Å². The van der Waals surface area contributed by atoms with Gasteiger partial charge in [-0.15, -0.1) is 0 Å². The molecular formula is C26H39N8O10P. The number of aromatic amines is 2. The summed E-state index contributed by atoms with van der Waals surface area (Å²) >= 11 is 0. The van der Waals surface area contributed by atoms with Crippen molar-refractivity contribution >= 4 is 24.9 Å². The first kappa shape index (κ1) is 33.2. The highest BCUT2D eigenvalue weighted by Crippen LogP contribution is 2.56. The molecule has 7 unspecified atom stereocenters. The first-order valence-corrected chi connectivity index (χ1v) is 16.3. The smallest absolute Gasteiger partial charge is 0.394 e. The minimum atomic E-state index is -4.10. The summed E-state index contributed by atoms with van der Waals surface area (Å²) in [5.74, 6) is -0.106. The third-order valence-corrected chi connectivity index (χ3v) is 9.87. The normalized spacial score (nSPS) is 26.6. The Morgan fingerprint density at radius 1 is 1.09 bits per heavy atom. The Morgan fingerprint density at radius 3 is 2.47 bits per heavy atom. The number of aryl methyl sites for hydroxylation is 1. The largest absolute Gasteiger partial charge is 0.408 e. The monoisotopic (exact) mass is 654 g/mol. The lowest BCUT2D eigenvalue weighted by atomic mass is 10.2. The molecule has 7 atom stereocenters. The molecule has 5 rings (SSSR count). The molecule has 2 aliphatic rings.